The summed E-state index contributed by atoms with van der Waals surface area (Å²) in [7, 11) is 0. The zero-order valence-electron chi connectivity index (χ0n) is 11.3. The lowest BCUT2D eigenvalue weighted by Gasteiger charge is -2.13. The number of thiazole rings is 1. The summed E-state index contributed by atoms with van der Waals surface area (Å²) < 4.78 is 0. The maximum Gasteiger partial charge on any atom is 0.0981 e. The number of nitrogens with one attached hydrogen (secondary N) is 1. The molecule has 4 heteroatoms. The molecule has 0 aliphatic carbocycles. The lowest BCUT2D eigenvalue weighted by atomic mass is 9.98. The SMILES string of the molecule is Cc1ccncc1NCc1cnc(C(C)(C)C)s1. The van der Waals surface area contributed by atoms with Crippen LogP contribution in [-0.2, 0) is 12.0 Å². The number of pyridine rings is 1. The second kappa shape index (κ2) is 5.06. The molecule has 0 atom stereocenters. The molecular formula is C14H19N3S. The van der Waals surface area contributed by atoms with Gasteiger partial charge in [-0.3, -0.25) is 4.98 Å². The van der Waals surface area contributed by atoms with E-state index in [2.05, 4.69) is 43.0 Å². The molecule has 0 bridgehead atoms. The molecule has 1 N–H and O–H groups in total. The van der Waals surface area contributed by atoms with Gasteiger partial charge in [0.15, 0.2) is 0 Å². The van der Waals surface area contributed by atoms with E-state index in [1.54, 1.807) is 11.3 Å². The Bertz CT molecular complexity index is 526. The van der Waals surface area contributed by atoms with Crippen LogP contribution in [-0.4, -0.2) is 9.97 Å². The summed E-state index contributed by atoms with van der Waals surface area (Å²) >= 11 is 1.77. The predicted molar refractivity (Wildman–Crippen MR) is 77.1 cm³/mol. The normalized spacial score (nSPS) is 11.6. The van der Waals surface area contributed by atoms with Crippen molar-refractivity contribution in [1.82, 2.24) is 9.97 Å². The highest BCUT2D eigenvalue weighted by Crippen LogP contribution is 2.27. The van der Waals surface area contributed by atoms with Gasteiger partial charge >= 0.3 is 0 Å². The third-order valence-corrected chi connectivity index (χ3v) is 4.11. The van der Waals surface area contributed by atoms with Crippen molar-refractivity contribution in [2.45, 2.75) is 39.7 Å². The Morgan fingerprint density at radius 1 is 1.28 bits per heavy atom. The molecule has 0 saturated heterocycles. The highest BCUT2D eigenvalue weighted by atomic mass is 32.1. The van der Waals surface area contributed by atoms with Crippen LogP contribution in [0.15, 0.2) is 24.7 Å². The smallest absolute Gasteiger partial charge is 0.0981 e. The van der Waals surface area contributed by atoms with Gasteiger partial charge in [0.05, 0.1) is 23.4 Å². The number of aryl methyl sites for hydroxylation is 1. The number of nitrogens with zero attached hydrogens (tertiary/aromatic N) is 2. The van der Waals surface area contributed by atoms with Gasteiger partial charge in [-0.05, 0) is 18.6 Å². The molecule has 2 rings (SSSR count). The third-order valence-electron chi connectivity index (χ3n) is 2.69. The van der Waals surface area contributed by atoms with Crippen LogP contribution in [0.1, 0.15) is 36.2 Å². The van der Waals surface area contributed by atoms with Crippen LogP contribution in [0.2, 0.25) is 0 Å². The first-order valence-electron chi connectivity index (χ1n) is 6.06. The van der Waals surface area contributed by atoms with Crippen LogP contribution < -0.4 is 5.32 Å². The van der Waals surface area contributed by atoms with Crippen molar-refractivity contribution in [1.29, 1.82) is 0 Å². The van der Waals surface area contributed by atoms with Gasteiger partial charge in [-0.25, -0.2) is 4.98 Å². The summed E-state index contributed by atoms with van der Waals surface area (Å²) in [5.41, 5.74) is 2.43. The lowest BCUT2D eigenvalue weighted by Crippen LogP contribution is -2.09. The van der Waals surface area contributed by atoms with Crippen LogP contribution in [0.3, 0.4) is 0 Å². The fraction of sp³-hybridized carbons (Fsp3) is 0.429. The van der Waals surface area contributed by atoms with E-state index in [1.807, 2.05) is 24.7 Å². The molecular weight excluding hydrogens is 242 g/mol. The fourth-order valence-electron chi connectivity index (χ4n) is 1.57. The molecule has 0 radical (unpaired) electrons. The summed E-state index contributed by atoms with van der Waals surface area (Å²) in [6.07, 6.45) is 5.63. The van der Waals surface area contributed by atoms with Gasteiger partial charge < -0.3 is 5.32 Å². The van der Waals surface area contributed by atoms with Crippen molar-refractivity contribution in [3.63, 3.8) is 0 Å². The van der Waals surface area contributed by atoms with E-state index in [0.717, 1.165) is 12.2 Å². The van der Waals surface area contributed by atoms with Crippen LogP contribution >= 0.6 is 11.3 Å². The van der Waals surface area contributed by atoms with E-state index in [4.69, 9.17) is 0 Å². The van der Waals surface area contributed by atoms with Crippen LogP contribution in [0.5, 0.6) is 0 Å². The van der Waals surface area contributed by atoms with Gasteiger partial charge in [0, 0.05) is 22.7 Å². The van der Waals surface area contributed by atoms with Gasteiger partial charge in [0.25, 0.3) is 0 Å². The topological polar surface area (TPSA) is 37.8 Å². The Morgan fingerprint density at radius 2 is 2.06 bits per heavy atom. The summed E-state index contributed by atoms with van der Waals surface area (Å²) in [5.74, 6) is 0. The van der Waals surface area contributed by atoms with Crippen molar-refractivity contribution in [3.8, 4) is 0 Å². The molecule has 0 aliphatic heterocycles. The van der Waals surface area contributed by atoms with Gasteiger partial charge in [-0.1, -0.05) is 20.8 Å². The second-order valence-corrected chi connectivity index (χ2v) is 6.54. The van der Waals surface area contributed by atoms with E-state index in [9.17, 15) is 0 Å². The quantitative estimate of drug-likeness (QED) is 0.914. The number of hydrogen-bond acceptors (Lipinski definition) is 4. The van der Waals surface area contributed by atoms with E-state index in [0.29, 0.717) is 0 Å². The second-order valence-electron chi connectivity index (χ2n) is 5.43. The Hall–Kier alpha value is -1.42. The van der Waals surface area contributed by atoms with Gasteiger partial charge in [-0.15, -0.1) is 11.3 Å². The molecule has 0 spiro atoms. The lowest BCUT2D eigenvalue weighted by molar-refractivity contribution is 0.585. The molecule has 18 heavy (non-hydrogen) atoms. The number of anilines is 1. The molecule has 3 nitrogen and oxygen atoms in total. The molecule has 2 aromatic heterocycles. The highest BCUT2D eigenvalue weighted by molar-refractivity contribution is 7.11. The van der Waals surface area contributed by atoms with Gasteiger partial charge in [0.2, 0.25) is 0 Å². The van der Waals surface area contributed by atoms with E-state index in [1.165, 1.54) is 15.4 Å². The predicted octanol–water partition coefficient (Wildman–Crippen LogP) is 3.76. The number of rotatable bonds is 3. The molecule has 2 aromatic rings. The Balaban J connectivity index is 2.03. The first-order valence-corrected chi connectivity index (χ1v) is 6.88. The fourth-order valence-corrected chi connectivity index (χ4v) is 2.48. The first kappa shape index (κ1) is 13.0. The highest BCUT2D eigenvalue weighted by Gasteiger charge is 2.17. The largest absolute Gasteiger partial charge is 0.379 e. The van der Waals surface area contributed by atoms with Crippen LogP contribution in [0.25, 0.3) is 0 Å². The summed E-state index contributed by atoms with van der Waals surface area (Å²) in [6, 6.07) is 2.01. The molecule has 0 aliphatic rings. The monoisotopic (exact) mass is 261 g/mol. The Labute approximate surface area is 112 Å². The molecule has 0 fully saturated rings. The zero-order valence-corrected chi connectivity index (χ0v) is 12.1. The van der Waals surface area contributed by atoms with Crippen molar-refractivity contribution in [2.24, 2.45) is 0 Å². The molecule has 0 aromatic carbocycles. The molecule has 2 heterocycles. The van der Waals surface area contributed by atoms with E-state index < -0.39 is 0 Å². The Kier molecular flexibility index (Phi) is 3.66. The summed E-state index contributed by atoms with van der Waals surface area (Å²) in [4.78, 5) is 9.87. The standard InChI is InChI=1S/C14H19N3S/c1-10-5-6-15-9-12(10)16-7-11-8-17-13(18-11)14(2,3)4/h5-6,8-9,16H,7H2,1-4H3. The maximum atomic E-state index is 4.49. The van der Waals surface area contributed by atoms with Gasteiger partial charge in [-0.2, -0.15) is 0 Å². The molecule has 0 amide bonds. The molecule has 96 valence electrons. The van der Waals surface area contributed by atoms with Crippen molar-refractivity contribution < 1.29 is 0 Å². The molecule has 0 saturated carbocycles. The van der Waals surface area contributed by atoms with E-state index >= 15 is 0 Å². The van der Waals surface area contributed by atoms with Crippen molar-refractivity contribution >= 4 is 17.0 Å². The maximum absolute atomic E-state index is 4.49. The minimum absolute atomic E-state index is 0.132. The summed E-state index contributed by atoms with van der Waals surface area (Å²) in [6.45, 7) is 9.45. The van der Waals surface area contributed by atoms with Crippen LogP contribution in [0, 0.1) is 6.92 Å². The minimum atomic E-state index is 0.132. The third kappa shape index (κ3) is 3.07. The van der Waals surface area contributed by atoms with Crippen LogP contribution in [0.4, 0.5) is 5.69 Å². The van der Waals surface area contributed by atoms with Crippen molar-refractivity contribution in [2.75, 3.05) is 5.32 Å². The van der Waals surface area contributed by atoms with Gasteiger partial charge in [0.1, 0.15) is 0 Å². The summed E-state index contributed by atoms with van der Waals surface area (Å²) in [5, 5.41) is 4.58. The first-order chi connectivity index (χ1) is 8.47. The number of hydrogen-bond donors (Lipinski definition) is 1. The average molecular weight is 261 g/mol. The minimum Gasteiger partial charge on any atom is -0.379 e. The Morgan fingerprint density at radius 3 is 2.67 bits per heavy atom. The van der Waals surface area contributed by atoms with E-state index in [-0.39, 0.29) is 5.41 Å². The number of aromatic nitrogens is 2. The zero-order chi connectivity index (χ0) is 13.2. The molecule has 0 unspecified atom stereocenters. The average Bonchev–Trinajstić information content (AvgIpc) is 2.76. The van der Waals surface area contributed by atoms with Crippen molar-refractivity contribution in [3.05, 3.63) is 40.1 Å².